The van der Waals surface area contributed by atoms with Crippen molar-refractivity contribution in [2.24, 2.45) is 11.8 Å². The molecule has 1 fully saturated rings. The average molecular weight is 232 g/mol. The Morgan fingerprint density at radius 3 is 3.12 bits per heavy atom. The van der Waals surface area contributed by atoms with Crippen LogP contribution in [0.1, 0.15) is 58.3 Å². The van der Waals surface area contributed by atoms with Crippen LogP contribution in [0, 0.1) is 11.8 Å². The quantitative estimate of drug-likeness (QED) is 0.640. The summed E-state index contributed by atoms with van der Waals surface area (Å²) in [5.74, 6) is 1.41. The van der Waals surface area contributed by atoms with Gasteiger partial charge in [0.05, 0.1) is 0 Å². The first kappa shape index (κ1) is 12.6. The van der Waals surface area contributed by atoms with Gasteiger partial charge < -0.3 is 0 Å². The molecule has 0 heterocycles. The molecule has 2 atom stereocenters. The zero-order valence-corrected chi connectivity index (χ0v) is 11.0. The van der Waals surface area contributed by atoms with Crippen LogP contribution in [0.25, 0.3) is 0 Å². The number of allylic oxidation sites excluding steroid dienone is 4. The summed E-state index contributed by atoms with van der Waals surface area (Å²) in [6, 6.07) is 0. The van der Waals surface area contributed by atoms with Gasteiger partial charge in [-0.2, -0.15) is 0 Å². The van der Waals surface area contributed by atoms with E-state index in [1.165, 1.54) is 31.3 Å². The summed E-state index contributed by atoms with van der Waals surface area (Å²) in [5.41, 5.74) is 1.53. The lowest BCUT2D eigenvalue weighted by molar-refractivity contribution is -0.124. The number of carbonyl (C=O) groups is 1. The van der Waals surface area contributed by atoms with Gasteiger partial charge in [0.25, 0.3) is 0 Å². The first-order chi connectivity index (χ1) is 8.33. The normalized spacial score (nSPS) is 27.5. The largest absolute Gasteiger partial charge is 0.299 e. The van der Waals surface area contributed by atoms with Crippen molar-refractivity contribution >= 4 is 5.78 Å². The highest BCUT2D eigenvalue weighted by molar-refractivity contribution is 5.82. The summed E-state index contributed by atoms with van der Waals surface area (Å²) in [4.78, 5) is 12.3. The van der Waals surface area contributed by atoms with Crippen molar-refractivity contribution in [2.45, 2.75) is 58.3 Å². The molecule has 2 rings (SSSR count). The van der Waals surface area contributed by atoms with E-state index in [9.17, 15) is 4.79 Å². The van der Waals surface area contributed by atoms with Gasteiger partial charge in [-0.05, 0) is 38.0 Å². The third-order valence-electron chi connectivity index (χ3n) is 4.22. The molecule has 0 saturated heterocycles. The monoisotopic (exact) mass is 232 g/mol. The predicted octanol–water partition coefficient (Wildman–Crippen LogP) is 4.44. The van der Waals surface area contributed by atoms with E-state index in [-0.39, 0.29) is 0 Å². The number of hydrogen-bond donors (Lipinski definition) is 0. The van der Waals surface area contributed by atoms with Crippen LogP contribution in [0.15, 0.2) is 23.8 Å². The lowest BCUT2D eigenvalue weighted by Gasteiger charge is -2.34. The van der Waals surface area contributed by atoms with Crippen molar-refractivity contribution in [2.75, 3.05) is 0 Å². The molecule has 2 unspecified atom stereocenters. The van der Waals surface area contributed by atoms with Crippen molar-refractivity contribution in [3.63, 3.8) is 0 Å². The minimum Gasteiger partial charge on any atom is -0.299 e. The number of hydrogen-bond acceptors (Lipinski definition) is 1. The van der Waals surface area contributed by atoms with Crippen LogP contribution in [-0.4, -0.2) is 5.78 Å². The van der Waals surface area contributed by atoms with Gasteiger partial charge in [-0.15, -0.1) is 0 Å². The van der Waals surface area contributed by atoms with E-state index < -0.39 is 0 Å². The van der Waals surface area contributed by atoms with E-state index >= 15 is 0 Å². The molecule has 17 heavy (non-hydrogen) atoms. The minimum atomic E-state index is 0.330. The predicted molar refractivity (Wildman–Crippen MR) is 71.8 cm³/mol. The van der Waals surface area contributed by atoms with Crippen LogP contribution in [0.5, 0.6) is 0 Å². The zero-order chi connectivity index (χ0) is 12.1. The number of ketones is 1. The van der Waals surface area contributed by atoms with Crippen LogP contribution in [0.2, 0.25) is 0 Å². The van der Waals surface area contributed by atoms with E-state index in [1.54, 1.807) is 0 Å². The summed E-state index contributed by atoms with van der Waals surface area (Å²) in [6.45, 7) is 2.19. The third-order valence-corrected chi connectivity index (χ3v) is 4.22. The number of Topliss-reactive ketones (excluding diaryl/α,β-unsaturated/α-hetero) is 1. The molecular formula is C16H24O. The number of carbonyl (C=O) groups excluding carboxylic acids is 1. The lowest BCUT2D eigenvalue weighted by Crippen LogP contribution is -2.29. The second-order valence-electron chi connectivity index (χ2n) is 5.43. The van der Waals surface area contributed by atoms with Crippen LogP contribution in [0.4, 0.5) is 0 Å². The second kappa shape index (κ2) is 6.18. The maximum Gasteiger partial charge on any atom is 0.136 e. The van der Waals surface area contributed by atoms with Crippen molar-refractivity contribution in [1.29, 1.82) is 0 Å². The highest BCUT2D eigenvalue weighted by Crippen LogP contribution is 2.39. The summed E-state index contributed by atoms with van der Waals surface area (Å²) in [5, 5.41) is 0. The van der Waals surface area contributed by atoms with E-state index in [0.29, 0.717) is 17.6 Å². The first-order valence-corrected chi connectivity index (χ1v) is 7.21. The molecule has 1 saturated carbocycles. The average Bonchev–Trinajstić information content (AvgIpc) is 2.38. The van der Waals surface area contributed by atoms with E-state index in [1.807, 2.05) is 0 Å². The Labute approximate surface area is 105 Å². The standard InChI is InChI=1S/C16H24O/c1-2-3-4-12-16(17)15-11-7-9-13-8-5-6-10-14(13)15/h5-6,8,14-15H,2-4,7,9-12H2,1H3. The lowest BCUT2D eigenvalue weighted by atomic mass is 9.70. The fraction of sp³-hybridized carbons (Fsp3) is 0.688. The zero-order valence-electron chi connectivity index (χ0n) is 11.0. The Balaban J connectivity index is 1.93. The molecular weight excluding hydrogens is 208 g/mol. The summed E-state index contributed by atoms with van der Waals surface area (Å²) < 4.78 is 0. The fourth-order valence-electron chi connectivity index (χ4n) is 3.23. The highest BCUT2D eigenvalue weighted by Gasteiger charge is 2.32. The molecule has 2 aliphatic carbocycles. The number of rotatable bonds is 5. The van der Waals surface area contributed by atoms with Crippen LogP contribution >= 0.6 is 0 Å². The molecule has 0 radical (unpaired) electrons. The van der Waals surface area contributed by atoms with Gasteiger partial charge in [0, 0.05) is 12.3 Å². The molecule has 1 heteroatoms. The highest BCUT2D eigenvalue weighted by atomic mass is 16.1. The Hall–Kier alpha value is -0.850. The van der Waals surface area contributed by atoms with Crippen molar-refractivity contribution in [3.05, 3.63) is 23.8 Å². The van der Waals surface area contributed by atoms with E-state index in [0.717, 1.165) is 25.7 Å². The van der Waals surface area contributed by atoms with Crippen LogP contribution < -0.4 is 0 Å². The topological polar surface area (TPSA) is 17.1 Å². The SMILES string of the molecule is CCCCCC(=O)C1CCCC2=CC=CCC21. The summed E-state index contributed by atoms with van der Waals surface area (Å²) in [6.07, 6.45) is 15.6. The third kappa shape index (κ3) is 3.08. The van der Waals surface area contributed by atoms with Gasteiger partial charge in [0.1, 0.15) is 5.78 Å². The Kier molecular flexibility index (Phi) is 4.58. The van der Waals surface area contributed by atoms with Crippen molar-refractivity contribution < 1.29 is 4.79 Å². The molecule has 0 amide bonds. The molecule has 0 bridgehead atoms. The number of fused-ring (bicyclic) bond motifs is 1. The maximum absolute atomic E-state index is 12.3. The van der Waals surface area contributed by atoms with Crippen molar-refractivity contribution in [3.8, 4) is 0 Å². The van der Waals surface area contributed by atoms with Gasteiger partial charge in [0.15, 0.2) is 0 Å². The van der Waals surface area contributed by atoms with Gasteiger partial charge in [-0.25, -0.2) is 0 Å². The molecule has 2 aliphatic rings. The van der Waals surface area contributed by atoms with E-state index in [4.69, 9.17) is 0 Å². The molecule has 0 aromatic heterocycles. The molecule has 0 aromatic rings. The molecule has 1 nitrogen and oxygen atoms in total. The van der Waals surface area contributed by atoms with E-state index in [2.05, 4.69) is 25.2 Å². The Bertz CT molecular complexity index is 324. The number of unbranched alkanes of at least 4 members (excludes halogenated alkanes) is 2. The maximum atomic E-state index is 12.3. The summed E-state index contributed by atoms with van der Waals surface area (Å²) in [7, 11) is 0. The van der Waals surface area contributed by atoms with Gasteiger partial charge in [-0.1, -0.05) is 43.6 Å². The minimum absolute atomic E-state index is 0.330. The van der Waals surface area contributed by atoms with Crippen LogP contribution in [0.3, 0.4) is 0 Å². The smallest absolute Gasteiger partial charge is 0.136 e. The molecule has 0 N–H and O–H groups in total. The molecule has 0 spiro atoms. The Morgan fingerprint density at radius 1 is 1.41 bits per heavy atom. The molecule has 0 aromatic carbocycles. The fourth-order valence-corrected chi connectivity index (χ4v) is 3.23. The van der Waals surface area contributed by atoms with Crippen LogP contribution in [-0.2, 0) is 4.79 Å². The second-order valence-corrected chi connectivity index (χ2v) is 5.43. The first-order valence-electron chi connectivity index (χ1n) is 7.21. The van der Waals surface area contributed by atoms with Gasteiger partial charge >= 0.3 is 0 Å². The molecule has 0 aliphatic heterocycles. The Morgan fingerprint density at radius 2 is 2.29 bits per heavy atom. The molecule has 94 valence electrons. The van der Waals surface area contributed by atoms with Gasteiger partial charge in [-0.3, -0.25) is 4.79 Å². The van der Waals surface area contributed by atoms with Gasteiger partial charge in [0.2, 0.25) is 0 Å². The summed E-state index contributed by atoms with van der Waals surface area (Å²) >= 11 is 0. The van der Waals surface area contributed by atoms with Crippen molar-refractivity contribution in [1.82, 2.24) is 0 Å².